The lowest BCUT2D eigenvalue weighted by Crippen LogP contribution is -2.39. The molecule has 102 valence electrons. The van der Waals surface area contributed by atoms with Crippen LogP contribution in [-0.2, 0) is 18.2 Å². The summed E-state index contributed by atoms with van der Waals surface area (Å²) in [5.74, 6) is 5.64. The molecule has 3 N–H and O–H groups in total. The number of hydrogen-bond acceptors (Lipinski definition) is 4. The summed E-state index contributed by atoms with van der Waals surface area (Å²) in [7, 11) is 1.98. The van der Waals surface area contributed by atoms with E-state index < -0.39 is 0 Å². The van der Waals surface area contributed by atoms with Gasteiger partial charge in [0.1, 0.15) is 0 Å². The van der Waals surface area contributed by atoms with Gasteiger partial charge in [-0.25, -0.2) is 0 Å². The molecule has 2 heterocycles. The normalized spacial score (nSPS) is 22.0. The van der Waals surface area contributed by atoms with E-state index in [0.717, 1.165) is 25.9 Å². The van der Waals surface area contributed by atoms with E-state index in [1.165, 1.54) is 25.0 Å². The number of hydrazine groups is 1. The summed E-state index contributed by atoms with van der Waals surface area (Å²) in [5.41, 5.74) is 4.17. The van der Waals surface area contributed by atoms with E-state index >= 15 is 0 Å². The zero-order valence-corrected chi connectivity index (χ0v) is 11.1. The Bertz CT molecular complexity index is 347. The minimum atomic E-state index is 0.322. The van der Waals surface area contributed by atoms with Gasteiger partial charge in [0.15, 0.2) is 0 Å². The average Bonchev–Trinajstić information content (AvgIpc) is 2.81. The fourth-order valence-electron chi connectivity index (χ4n) is 2.55. The van der Waals surface area contributed by atoms with Gasteiger partial charge >= 0.3 is 0 Å². The Morgan fingerprint density at radius 1 is 1.61 bits per heavy atom. The van der Waals surface area contributed by atoms with Crippen LogP contribution in [0.2, 0.25) is 0 Å². The number of nitrogens with zero attached hydrogens (tertiary/aromatic N) is 2. The molecule has 0 aromatic carbocycles. The Kier molecular flexibility index (Phi) is 5.16. The SMILES string of the molecule is Cn1nccc1CCC(CC1CCCCO1)NN. The van der Waals surface area contributed by atoms with Crippen molar-refractivity contribution < 1.29 is 4.74 Å². The number of rotatable bonds is 6. The molecular weight excluding hydrogens is 228 g/mol. The summed E-state index contributed by atoms with van der Waals surface area (Å²) in [4.78, 5) is 0. The highest BCUT2D eigenvalue weighted by molar-refractivity contribution is 5.00. The third-order valence-electron chi connectivity index (χ3n) is 3.73. The van der Waals surface area contributed by atoms with Crippen molar-refractivity contribution >= 4 is 0 Å². The van der Waals surface area contributed by atoms with Gasteiger partial charge in [-0.05, 0) is 44.6 Å². The predicted octanol–water partition coefficient (Wildman–Crippen LogP) is 1.14. The van der Waals surface area contributed by atoms with E-state index in [2.05, 4.69) is 16.6 Å². The highest BCUT2D eigenvalue weighted by atomic mass is 16.5. The van der Waals surface area contributed by atoms with Crippen LogP contribution in [0.4, 0.5) is 0 Å². The summed E-state index contributed by atoms with van der Waals surface area (Å²) >= 11 is 0. The molecule has 18 heavy (non-hydrogen) atoms. The van der Waals surface area contributed by atoms with Crippen molar-refractivity contribution in [3.63, 3.8) is 0 Å². The Hall–Kier alpha value is -0.910. The molecule has 2 rings (SSSR count). The van der Waals surface area contributed by atoms with Crippen molar-refractivity contribution in [1.82, 2.24) is 15.2 Å². The zero-order chi connectivity index (χ0) is 12.8. The highest BCUT2D eigenvalue weighted by Gasteiger charge is 2.19. The van der Waals surface area contributed by atoms with E-state index in [4.69, 9.17) is 10.6 Å². The lowest BCUT2D eigenvalue weighted by molar-refractivity contribution is 0.00469. The summed E-state index contributed by atoms with van der Waals surface area (Å²) in [6, 6.07) is 2.38. The standard InChI is InChI=1S/C13H24N4O/c1-17-12(7-8-15-17)6-5-11(16-14)10-13-4-2-3-9-18-13/h7-8,11,13,16H,2-6,9-10,14H2,1H3. The van der Waals surface area contributed by atoms with Gasteiger partial charge in [-0.3, -0.25) is 16.0 Å². The Morgan fingerprint density at radius 2 is 2.50 bits per heavy atom. The maximum atomic E-state index is 5.76. The molecule has 1 aliphatic rings. The third kappa shape index (κ3) is 3.80. The van der Waals surface area contributed by atoms with Gasteiger partial charge in [0, 0.05) is 31.6 Å². The van der Waals surface area contributed by atoms with Crippen molar-refractivity contribution in [3.05, 3.63) is 18.0 Å². The molecule has 0 amide bonds. The second kappa shape index (κ2) is 6.87. The number of aryl methyl sites for hydroxylation is 2. The fourth-order valence-corrected chi connectivity index (χ4v) is 2.55. The van der Waals surface area contributed by atoms with Gasteiger partial charge < -0.3 is 4.74 Å². The molecule has 1 fully saturated rings. The topological polar surface area (TPSA) is 65.1 Å². The van der Waals surface area contributed by atoms with Crippen LogP contribution >= 0.6 is 0 Å². The quantitative estimate of drug-likeness (QED) is 0.589. The lowest BCUT2D eigenvalue weighted by atomic mass is 9.98. The molecule has 0 spiro atoms. The second-order valence-electron chi connectivity index (χ2n) is 5.07. The largest absolute Gasteiger partial charge is 0.378 e. The Morgan fingerprint density at radius 3 is 3.11 bits per heavy atom. The monoisotopic (exact) mass is 252 g/mol. The number of nitrogens with two attached hydrogens (primary N) is 1. The van der Waals surface area contributed by atoms with Crippen molar-refractivity contribution in [2.45, 2.75) is 50.7 Å². The van der Waals surface area contributed by atoms with E-state index in [-0.39, 0.29) is 0 Å². The third-order valence-corrected chi connectivity index (χ3v) is 3.73. The number of aromatic nitrogens is 2. The van der Waals surface area contributed by atoms with Crippen molar-refractivity contribution in [2.75, 3.05) is 6.61 Å². The number of ether oxygens (including phenoxy) is 1. The fraction of sp³-hybridized carbons (Fsp3) is 0.769. The number of hydrogen-bond donors (Lipinski definition) is 2. The molecule has 2 unspecified atom stereocenters. The molecular formula is C13H24N4O. The molecule has 0 radical (unpaired) electrons. The smallest absolute Gasteiger partial charge is 0.0590 e. The van der Waals surface area contributed by atoms with Crippen LogP contribution in [-0.4, -0.2) is 28.5 Å². The first-order chi connectivity index (χ1) is 8.79. The molecule has 5 nitrogen and oxygen atoms in total. The first-order valence-electron chi connectivity index (χ1n) is 6.84. The van der Waals surface area contributed by atoms with Crippen LogP contribution in [0.25, 0.3) is 0 Å². The van der Waals surface area contributed by atoms with Crippen molar-refractivity contribution in [1.29, 1.82) is 0 Å². The maximum absolute atomic E-state index is 5.76. The molecule has 5 heteroatoms. The number of nitrogens with one attached hydrogen (secondary N) is 1. The van der Waals surface area contributed by atoms with Crippen molar-refractivity contribution in [3.8, 4) is 0 Å². The van der Waals surface area contributed by atoms with Crippen LogP contribution < -0.4 is 11.3 Å². The van der Waals surface area contributed by atoms with Gasteiger partial charge in [-0.2, -0.15) is 5.10 Å². The summed E-state index contributed by atoms with van der Waals surface area (Å²) in [5, 5.41) is 4.18. The maximum Gasteiger partial charge on any atom is 0.0590 e. The predicted molar refractivity (Wildman–Crippen MR) is 70.8 cm³/mol. The second-order valence-corrected chi connectivity index (χ2v) is 5.07. The summed E-state index contributed by atoms with van der Waals surface area (Å²) in [6.45, 7) is 0.906. The van der Waals surface area contributed by atoms with E-state index in [9.17, 15) is 0 Å². The molecule has 1 aromatic heterocycles. The molecule has 1 aromatic rings. The van der Waals surface area contributed by atoms with E-state index in [1.807, 2.05) is 17.9 Å². The Balaban J connectivity index is 1.76. The first-order valence-corrected chi connectivity index (χ1v) is 6.84. The summed E-state index contributed by atoms with van der Waals surface area (Å²) < 4.78 is 7.68. The Labute approximate surface area is 109 Å². The minimum absolute atomic E-state index is 0.322. The highest BCUT2D eigenvalue weighted by Crippen LogP contribution is 2.18. The van der Waals surface area contributed by atoms with E-state index in [1.54, 1.807) is 0 Å². The first kappa shape index (κ1) is 13.5. The van der Waals surface area contributed by atoms with E-state index in [0.29, 0.717) is 12.1 Å². The molecule has 1 saturated heterocycles. The van der Waals surface area contributed by atoms with Crippen LogP contribution in [0.3, 0.4) is 0 Å². The van der Waals surface area contributed by atoms with Gasteiger partial charge in [0.05, 0.1) is 6.10 Å². The van der Waals surface area contributed by atoms with Crippen LogP contribution in [0.5, 0.6) is 0 Å². The van der Waals surface area contributed by atoms with Gasteiger partial charge in [0.25, 0.3) is 0 Å². The van der Waals surface area contributed by atoms with Gasteiger partial charge in [-0.15, -0.1) is 0 Å². The molecule has 0 bridgehead atoms. The minimum Gasteiger partial charge on any atom is -0.378 e. The molecule has 2 atom stereocenters. The molecule has 0 aliphatic carbocycles. The van der Waals surface area contributed by atoms with Crippen LogP contribution in [0, 0.1) is 0 Å². The van der Waals surface area contributed by atoms with Crippen LogP contribution in [0.15, 0.2) is 12.3 Å². The average molecular weight is 252 g/mol. The van der Waals surface area contributed by atoms with Gasteiger partial charge in [0.2, 0.25) is 0 Å². The lowest BCUT2D eigenvalue weighted by Gasteiger charge is -2.26. The molecule has 0 saturated carbocycles. The zero-order valence-electron chi connectivity index (χ0n) is 11.1. The molecule has 1 aliphatic heterocycles. The van der Waals surface area contributed by atoms with Crippen LogP contribution in [0.1, 0.15) is 37.8 Å². The van der Waals surface area contributed by atoms with Gasteiger partial charge in [-0.1, -0.05) is 0 Å². The summed E-state index contributed by atoms with van der Waals surface area (Å²) in [6.07, 6.45) is 8.90. The van der Waals surface area contributed by atoms with Crippen molar-refractivity contribution in [2.24, 2.45) is 12.9 Å².